The summed E-state index contributed by atoms with van der Waals surface area (Å²) in [4.78, 5) is 28.5. The zero-order valence-corrected chi connectivity index (χ0v) is 15.9. The Kier molecular flexibility index (Phi) is 5.51. The number of primary amides is 1. The molecule has 0 aliphatic rings. The number of fused-ring (bicyclic) bond motifs is 1. The van der Waals surface area contributed by atoms with Crippen LogP contribution in [-0.4, -0.2) is 22.1 Å². The van der Waals surface area contributed by atoms with Crippen molar-refractivity contribution in [2.45, 2.75) is 26.3 Å². The second kappa shape index (κ2) is 7.84. The largest absolute Gasteiger partial charge is 0.365 e. The molecule has 7 heteroatoms. The molecule has 0 fully saturated rings. The minimum absolute atomic E-state index is 0.0362. The number of aromatic nitrogens is 2. The molecular weight excluding hydrogens is 365 g/mol. The van der Waals surface area contributed by atoms with Gasteiger partial charge in [-0.25, -0.2) is 9.37 Å². The molecule has 1 aromatic carbocycles. The molecule has 0 spiro atoms. The molecule has 1 amide bonds. The average Bonchev–Trinajstić information content (AvgIpc) is 3.11. The first-order valence-corrected chi connectivity index (χ1v) is 9.45. The van der Waals surface area contributed by atoms with Crippen molar-refractivity contribution in [3.8, 4) is 0 Å². The molecule has 3 aromatic rings. The third-order valence-corrected chi connectivity index (χ3v) is 5.07. The van der Waals surface area contributed by atoms with Crippen molar-refractivity contribution in [3.05, 3.63) is 61.8 Å². The molecule has 2 N–H and O–H groups in total. The summed E-state index contributed by atoms with van der Waals surface area (Å²) in [6, 6.07) is 5.21. The van der Waals surface area contributed by atoms with Crippen LogP contribution >= 0.6 is 11.3 Å². The molecule has 3 rings (SSSR count). The minimum atomic E-state index is -0.816. The van der Waals surface area contributed by atoms with Crippen molar-refractivity contribution in [1.29, 1.82) is 0 Å². The van der Waals surface area contributed by atoms with Crippen LogP contribution in [0, 0.1) is 0 Å². The molecule has 0 atom stereocenters. The van der Waals surface area contributed by atoms with Crippen LogP contribution in [0.15, 0.2) is 34.6 Å². The van der Waals surface area contributed by atoms with E-state index in [9.17, 15) is 14.0 Å². The normalized spacial score (nSPS) is 11.7. The number of halogens is 1. The third kappa shape index (κ3) is 3.98. The van der Waals surface area contributed by atoms with E-state index in [-0.39, 0.29) is 12.1 Å². The Morgan fingerprint density at radius 1 is 1.37 bits per heavy atom. The van der Waals surface area contributed by atoms with Gasteiger partial charge in [0.05, 0.1) is 17.8 Å². The van der Waals surface area contributed by atoms with E-state index in [4.69, 9.17) is 5.73 Å². The number of rotatable bonds is 6. The van der Waals surface area contributed by atoms with E-state index in [1.807, 2.05) is 17.5 Å². The second-order valence-corrected chi connectivity index (χ2v) is 7.38. The monoisotopic (exact) mass is 385 g/mol. The predicted molar refractivity (Wildman–Crippen MR) is 108 cm³/mol. The maximum atomic E-state index is 12.9. The Balaban J connectivity index is 2.04. The van der Waals surface area contributed by atoms with Gasteiger partial charge in [0.15, 0.2) is 0 Å². The zero-order valence-electron chi connectivity index (χ0n) is 15.1. The van der Waals surface area contributed by atoms with Gasteiger partial charge in [-0.2, -0.15) is 0 Å². The third-order valence-electron chi connectivity index (χ3n) is 4.25. The lowest BCUT2D eigenvalue weighted by Crippen LogP contribution is -2.24. The van der Waals surface area contributed by atoms with Crippen molar-refractivity contribution in [2.24, 2.45) is 5.73 Å². The lowest BCUT2D eigenvalue weighted by Gasteiger charge is -2.11. The number of carbonyl (C=O) groups excluding carboxylic acids is 1. The molecule has 2 heterocycles. The number of pyridine rings is 1. The van der Waals surface area contributed by atoms with Gasteiger partial charge < -0.3 is 10.3 Å². The number of nitrogens with zero attached hydrogens (tertiary/aromatic N) is 2. The maximum absolute atomic E-state index is 12.9. The lowest BCUT2D eigenvalue weighted by molar-refractivity contribution is 0.0998. The number of alkyl halides is 1. The van der Waals surface area contributed by atoms with Gasteiger partial charge in [0.25, 0.3) is 5.91 Å². The van der Waals surface area contributed by atoms with Gasteiger partial charge in [-0.1, -0.05) is 26.0 Å². The fourth-order valence-electron chi connectivity index (χ4n) is 2.77. The SMILES string of the molecule is CC(C)c1csc(/C=C/c2ccc3c(=O)c(C(N)=O)cn(CCF)c3c2)n1. The number of hydrogen-bond acceptors (Lipinski definition) is 4. The Bertz CT molecular complexity index is 1080. The number of hydrogen-bond donors (Lipinski definition) is 1. The molecule has 0 aliphatic carbocycles. The van der Waals surface area contributed by atoms with Gasteiger partial charge in [-0.05, 0) is 29.7 Å². The molecule has 0 aliphatic heterocycles. The summed E-state index contributed by atoms with van der Waals surface area (Å²) in [5.74, 6) is -0.443. The molecule has 2 aromatic heterocycles. The first-order chi connectivity index (χ1) is 12.9. The topological polar surface area (TPSA) is 78.0 Å². The summed E-state index contributed by atoms with van der Waals surface area (Å²) < 4.78 is 14.5. The Labute approximate surface area is 160 Å². The fourth-order valence-corrected chi connectivity index (χ4v) is 3.64. The molecular formula is C20H20FN3O2S. The molecule has 0 unspecified atom stereocenters. The van der Waals surface area contributed by atoms with Crippen molar-refractivity contribution in [3.63, 3.8) is 0 Å². The molecule has 0 saturated carbocycles. The molecule has 140 valence electrons. The highest BCUT2D eigenvalue weighted by Crippen LogP contribution is 2.21. The van der Waals surface area contributed by atoms with Crippen molar-refractivity contribution < 1.29 is 9.18 Å². The highest BCUT2D eigenvalue weighted by molar-refractivity contribution is 7.10. The number of thiazole rings is 1. The van der Waals surface area contributed by atoms with Crippen LogP contribution in [0.5, 0.6) is 0 Å². The van der Waals surface area contributed by atoms with Gasteiger partial charge in [-0.3, -0.25) is 9.59 Å². The Morgan fingerprint density at radius 2 is 2.15 bits per heavy atom. The Morgan fingerprint density at radius 3 is 2.78 bits per heavy atom. The van der Waals surface area contributed by atoms with Gasteiger partial charge in [0.1, 0.15) is 17.2 Å². The van der Waals surface area contributed by atoms with Crippen LogP contribution in [0.25, 0.3) is 23.1 Å². The number of amides is 1. The minimum Gasteiger partial charge on any atom is -0.365 e. The molecule has 0 bridgehead atoms. The van der Waals surface area contributed by atoms with Gasteiger partial charge >= 0.3 is 0 Å². The second-order valence-electron chi connectivity index (χ2n) is 6.49. The van der Waals surface area contributed by atoms with Crippen LogP contribution in [0.2, 0.25) is 0 Å². The van der Waals surface area contributed by atoms with Gasteiger partial charge in [0, 0.05) is 17.0 Å². The highest BCUT2D eigenvalue weighted by atomic mass is 32.1. The maximum Gasteiger partial charge on any atom is 0.254 e. The predicted octanol–water partition coefficient (Wildman–Crippen LogP) is 3.82. The van der Waals surface area contributed by atoms with Gasteiger partial charge in [-0.15, -0.1) is 11.3 Å². The zero-order chi connectivity index (χ0) is 19.6. The van der Waals surface area contributed by atoms with Crippen LogP contribution in [0.1, 0.15) is 46.4 Å². The van der Waals surface area contributed by atoms with E-state index in [1.165, 1.54) is 6.20 Å². The molecule has 5 nitrogen and oxygen atoms in total. The number of nitrogens with two attached hydrogens (primary N) is 1. The van der Waals surface area contributed by atoms with Gasteiger partial charge in [0.2, 0.25) is 5.43 Å². The van der Waals surface area contributed by atoms with E-state index in [2.05, 4.69) is 18.8 Å². The van der Waals surface area contributed by atoms with Crippen molar-refractivity contribution >= 4 is 40.3 Å². The molecule has 27 heavy (non-hydrogen) atoms. The average molecular weight is 385 g/mol. The lowest BCUT2D eigenvalue weighted by atomic mass is 10.1. The number of carbonyl (C=O) groups is 1. The summed E-state index contributed by atoms with van der Waals surface area (Å²) in [6.07, 6.45) is 5.14. The van der Waals surface area contributed by atoms with E-state index >= 15 is 0 Å². The Hall–Kier alpha value is -2.80. The van der Waals surface area contributed by atoms with Crippen molar-refractivity contribution in [1.82, 2.24) is 9.55 Å². The van der Waals surface area contributed by atoms with Crippen LogP contribution in [-0.2, 0) is 6.54 Å². The summed E-state index contributed by atoms with van der Waals surface area (Å²) in [5, 5.41) is 3.27. The summed E-state index contributed by atoms with van der Waals surface area (Å²) in [5.41, 5.74) is 7.16. The number of aryl methyl sites for hydroxylation is 1. The van der Waals surface area contributed by atoms with Crippen LogP contribution in [0.3, 0.4) is 0 Å². The van der Waals surface area contributed by atoms with E-state index < -0.39 is 18.0 Å². The first kappa shape index (κ1) is 19.0. The van der Waals surface area contributed by atoms with E-state index in [0.717, 1.165) is 16.3 Å². The van der Waals surface area contributed by atoms with Crippen LogP contribution < -0.4 is 11.2 Å². The van der Waals surface area contributed by atoms with E-state index in [1.54, 1.807) is 34.1 Å². The highest BCUT2D eigenvalue weighted by Gasteiger charge is 2.13. The molecule has 0 saturated heterocycles. The van der Waals surface area contributed by atoms with Crippen molar-refractivity contribution in [2.75, 3.05) is 6.67 Å². The fraction of sp³-hybridized carbons (Fsp3) is 0.250. The quantitative estimate of drug-likeness (QED) is 0.701. The summed E-state index contributed by atoms with van der Waals surface area (Å²) >= 11 is 1.57. The van der Waals surface area contributed by atoms with E-state index in [0.29, 0.717) is 16.8 Å². The summed E-state index contributed by atoms with van der Waals surface area (Å²) in [7, 11) is 0. The number of benzene rings is 1. The summed E-state index contributed by atoms with van der Waals surface area (Å²) in [6.45, 7) is 3.61. The smallest absolute Gasteiger partial charge is 0.254 e. The van der Waals surface area contributed by atoms with Crippen LogP contribution in [0.4, 0.5) is 4.39 Å². The molecule has 0 radical (unpaired) electrons. The standard InChI is InChI=1S/C20H20FN3O2S/c1-12(2)16-11-27-18(23-16)6-4-13-3-5-14-17(9-13)24(8-7-21)10-15(19(14)25)20(22)26/h3-6,9-12H,7-8H2,1-2H3,(H2,22,26)/b6-4+. The first-order valence-electron chi connectivity index (χ1n) is 8.57.